The molecule has 0 aliphatic carbocycles. The molecule has 0 spiro atoms. The van der Waals surface area contributed by atoms with E-state index in [1.54, 1.807) is 14.0 Å². The molecule has 1 aromatic carbocycles. The molecule has 3 rings (SSSR count). The number of nitrogens with two attached hydrogens (primary N) is 1. The number of rotatable bonds is 6. The second-order valence-electron chi connectivity index (χ2n) is 6.68. The number of benzene rings is 1. The molecule has 1 atom stereocenters. The summed E-state index contributed by atoms with van der Waals surface area (Å²) in [5.74, 6) is 0.927. The quantitative estimate of drug-likeness (QED) is 0.843. The number of primary amides is 1. The summed E-state index contributed by atoms with van der Waals surface area (Å²) >= 11 is 0. The van der Waals surface area contributed by atoms with Gasteiger partial charge in [0.2, 0.25) is 5.91 Å². The lowest BCUT2D eigenvalue weighted by molar-refractivity contribution is -0.132. The van der Waals surface area contributed by atoms with E-state index in [2.05, 4.69) is 9.97 Å². The third-order valence-electron chi connectivity index (χ3n) is 4.92. The minimum absolute atomic E-state index is 0.0912. The SMILES string of the molecule is COc1ccc(CCC(=O)N2CCC[C@@H]2c2ncc(C(N)=O)c(C)n2)cc1. The predicted molar refractivity (Wildman–Crippen MR) is 100 cm³/mol. The van der Waals surface area contributed by atoms with Crippen LogP contribution in [0.2, 0.25) is 0 Å². The molecule has 2 N–H and O–H groups in total. The largest absolute Gasteiger partial charge is 0.497 e. The minimum Gasteiger partial charge on any atom is -0.497 e. The molecule has 142 valence electrons. The molecule has 2 aromatic rings. The minimum atomic E-state index is -0.544. The molecule has 7 nitrogen and oxygen atoms in total. The van der Waals surface area contributed by atoms with Crippen LogP contribution in [0.15, 0.2) is 30.5 Å². The standard InChI is InChI=1S/C20H24N4O3/c1-13-16(19(21)26)12-22-20(23-13)17-4-3-11-24(17)18(25)10-7-14-5-8-15(27-2)9-6-14/h5-6,8-9,12,17H,3-4,7,10-11H2,1-2H3,(H2,21,26)/t17-/m1/s1. The molecule has 1 aliphatic heterocycles. The molecule has 7 heteroatoms. The molecule has 27 heavy (non-hydrogen) atoms. The van der Waals surface area contributed by atoms with Crippen molar-refractivity contribution in [2.24, 2.45) is 5.73 Å². The van der Waals surface area contributed by atoms with Crippen LogP contribution in [0.5, 0.6) is 5.75 Å². The summed E-state index contributed by atoms with van der Waals surface area (Å²) in [5, 5.41) is 0. The van der Waals surface area contributed by atoms with Gasteiger partial charge in [-0.1, -0.05) is 12.1 Å². The average molecular weight is 368 g/mol. The van der Waals surface area contributed by atoms with Gasteiger partial charge in [0.15, 0.2) is 5.82 Å². The van der Waals surface area contributed by atoms with E-state index >= 15 is 0 Å². The number of nitrogens with zero attached hydrogens (tertiary/aromatic N) is 3. The van der Waals surface area contributed by atoms with E-state index in [0.29, 0.717) is 36.5 Å². The van der Waals surface area contributed by atoms with Gasteiger partial charge in [0.1, 0.15) is 5.75 Å². The third-order valence-corrected chi connectivity index (χ3v) is 4.92. The fourth-order valence-corrected chi connectivity index (χ4v) is 3.41. The maximum Gasteiger partial charge on any atom is 0.252 e. The van der Waals surface area contributed by atoms with Crippen molar-refractivity contribution in [3.8, 4) is 5.75 Å². The van der Waals surface area contributed by atoms with Crippen LogP contribution in [0.4, 0.5) is 0 Å². The molecule has 0 bridgehead atoms. The highest BCUT2D eigenvalue weighted by molar-refractivity contribution is 5.93. The Hall–Kier alpha value is -2.96. The van der Waals surface area contributed by atoms with Gasteiger partial charge >= 0.3 is 0 Å². The highest BCUT2D eigenvalue weighted by atomic mass is 16.5. The first-order valence-corrected chi connectivity index (χ1v) is 9.05. The average Bonchev–Trinajstić information content (AvgIpc) is 3.16. The maximum absolute atomic E-state index is 12.8. The van der Waals surface area contributed by atoms with Gasteiger partial charge < -0.3 is 15.4 Å². The lowest BCUT2D eigenvalue weighted by atomic mass is 10.1. The van der Waals surface area contributed by atoms with Gasteiger partial charge in [-0.25, -0.2) is 9.97 Å². The molecule has 2 heterocycles. The maximum atomic E-state index is 12.8. The number of aromatic nitrogens is 2. The zero-order valence-corrected chi connectivity index (χ0v) is 15.6. The summed E-state index contributed by atoms with van der Waals surface area (Å²) in [6.45, 7) is 2.43. The lowest BCUT2D eigenvalue weighted by Gasteiger charge is -2.24. The zero-order valence-electron chi connectivity index (χ0n) is 15.6. The molecule has 1 fully saturated rings. The molecular formula is C20H24N4O3. The van der Waals surface area contributed by atoms with Crippen LogP contribution in [0.1, 0.15) is 52.7 Å². The van der Waals surface area contributed by atoms with Crippen molar-refractivity contribution in [3.63, 3.8) is 0 Å². The van der Waals surface area contributed by atoms with Gasteiger partial charge in [-0.3, -0.25) is 9.59 Å². The van der Waals surface area contributed by atoms with Gasteiger partial charge in [-0.05, 0) is 43.9 Å². The summed E-state index contributed by atoms with van der Waals surface area (Å²) < 4.78 is 5.15. The van der Waals surface area contributed by atoms with Crippen LogP contribution in [0.25, 0.3) is 0 Å². The Balaban J connectivity index is 1.67. The fourth-order valence-electron chi connectivity index (χ4n) is 3.41. The van der Waals surface area contributed by atoms with Crippen molar-refractivity contribution in [2.45, 2.75) is 38.6 Å². The van der Waals surface area contributed by atoms with Crippen molar-refractivity contribution < 1.29 is 14.3 Å². The summed E-state index contributed by atoms with van der Waals surface area (Å²) in [6, 6.07) is 7.60. The third kappa shape index (κ3) is 4.24. The van der Waals surface area contributed by atoms with Crippen LogP contribution in [-0.2, 0) is 11.2 Å². The van der Waals surface area contributed by atoms with E-state index in [1.807, 2.05) is 29.2 Å². The number of likely N-dealkylation sites (tertiary alicyclic amines) is 1. The number of ether oxygens (including phenoxy) is 1. The van der Waals surface area contributed by atoms with E-state index in [1.165, 1.54) is 6.20 Å². The van der Waals surface area contributed by atoms with Gasteiger partial charge in [0.25, 0.3) is 5.91 Å². The van der Waals surface area contributed by atoms with Crippen molar-refractivity contribution in [2.75, 3.05) is 13.7 Å². The topological polar surface area (TPSA) is 98.4 Å². The second-order valence-corrected chi connectivity index (χ2v) is 6.68. The smallest absolute Gasteiger partial charge is 0.252 e. The van der Waals surface area contributed by atoms with Crippen molar-refractivity contribution in [3.05, 3.63) is 53.1 Å². The van der Waals surface area contributed by atoms with E-state index in [9.17, 15) is 9.59 Å². The molecule has 0 saturated carbocycles. The predicted octanol–water partition coefficient (Wildman–Crippen LogP) is 2.19. The van der Waals surface area contributed by atoms with E-state index in [4.69, 9.17) is 10.5 Å². The normalized spacial score (nSPS) is 16.4. The highest BCUT2D eigenvalue weighted by Gasteiger charge is 2.32. The molecule has 0 unspecified atom stereocenters. The summed E-state index contributed by atoms with van der Waals surface area (Å²) in [5.41, 5.74) is 7.27. The Bertz CT molecular complexity index is 836. The second kappa shape index (κ2) is 8.16. The first-order chi connectivity index (χ1) is 13.0. The molecular weight excluding hydrogens is 344 g/mol. The van der Waals surface area contributed by atoms with Crippen LogP contribution in [0, 0.1) is 6.92 Å². The Morgan fingerprint density at radius 3 is 2.67 bits per heavy atom. The first-order valence-electron chi connectivity index (χ1n) is 9.05. The summed E-state index contributed by atoms with van der Waals surface area (Å²) in [6.07, 6.45) is 4.30. The Labute approximate surface area is 158 Å². The van der Waals surface area contributed by atoms with Gasteiger partial charge in [0, 0.05) is 19.2 Å². The zero-order chi connectivity index (χ0) is 19.4. The Morgan fingerprint density at radius 1 is 1.30 bits per heavy atom. The molecule has 1 aliphatic rings. The monoisotopic (exact) mass is 368 g/mol. The lowest BCUT2D eigenvalue weighted by Crippen LogP contribution is -2.32. The van der Waals surface area contributed by atoms with Crippen molar-refractivity contribution >= 4 is 11.8 Å². The van der Waals surface area contributed by atoms with E-state index in [0.717, 1.165) is 24.2 Å². The Kier molecular flexibility index (Phi) is 5.69. The number of methoxy groups -OCH3 is 1. The molecule has 1 aromatic heterocycles. The van der Waals surface area contributed by atoms with Crippen LogP contribution >= 0.6 is 0 Å². The number of carbonyl (C=O) groups is 2. The van der Waals surface area contributed by atoms with E-state index < -0.39 is 5.91 Å². The number of amides is 2. The van der Waals surface area contributed by atoms with Crippen LogP contribution in [-0.4, -0.2) is 40.3 Å². The van der Waals surface area contributed by atoms with E-state index in [-0.39, 0.29) is 11.9 Å². The Morgan fingerprint density at radius 2 is 2.04 bits per heavy atom. The summed E-state index contributed by atoms with van der Waals surface area (Å²) in [4.78, 5) is 34.7. The molecule has 0 radical (unpaired) electrons. The first kappa shape index (κ1) is 18.8. The van der Waals surface area contributed by atoms with Crippen molar-refractivity contribution in [1.82, 2.24) is 14.9 Å². The number of aryl methyl sites for hydroxylation is 2. The van der Waals surface area contributed by atoms with Gasteiger partial charge in [-0.15, -0.1) is 0 Å². The number of hydrogen-bond donors (Lipinski definition) is 1. The number of carbonyl (C=O) groups excluding carboxylic acids is 2. The van der Waals surface area contributed by atoms with Gasteiger partial charge in [0.05, 0.1) is 24.4 Å². The highest BCUT2D eigenvalue weighted by Crippen LogP contribution is 2.31. The molecule has 1 saturated heterocycles. The summed E-state index contributed by atoms with van der Waals surface area (Å²) in [7, 11) is 1.63. The molecule has 2 amide bonds. The number of hydrogen-bond acceptors (Lipinski definition) is 5. The van der Waals surface area contributed by atoms with Crippen LogP contribution < -0.4 is 10.5 Å². The fraction of sp³-hybridized carbons (Fsp3) is 0.400. The van der Waals surface area contributed by atoms with Crippen molar-refractivity contribution in [1.29, 1.82) is 0 Å². The van der Waals surface area contributed by atoms with Crippen LogP contribution in [0.3, 0.4) is 0 Å². The van der Waals surface area contributed by atoms with Gasteiger partial charge in [-0.2, -0.15) is 0 Å².